The predicted molar refractivity (Wildman–Crippen MR) is 139 cm³/mol. The first kappa shape index (κ1) is 26.0. The Morgan fingerprint density at radius 1 is 0.861 bits per heavy atom. The van der Waals surface area contributed by atoms with Gasteiger partial charge in [-0.1, -0.05) is 58.5 Å². The maximum absolute atomic E-state index is 13.3. The maximum atomic E-state index is 13.3. The molecule has 2 N–H and O–H groups in total. The van der Waals surface area contributed by atoms with E-state index in [2.05, 4.69) is 0 Å². The summed E-state index contributed by atoms with van der Waals surface area (Å²) in [7, 11) is 2.68. The van der Waals surface area contributed by atoms with Gasteiger partial charge in [0.2, 0.25) is 0 Å². The second-order valence-electron chi connectivity index (χ2n) is 7.65. The van der Waals surface area contributed by atoms with E-state index in [0.29, 0.717) is 5.56 Å². The predicted octanol–water partition coefficient (Wildman–Crippen LogP) is 6.65. The number of carbonyl (C=O) groups excluding carboxylic acids is 2. The van der Waals surface area contributed by atoms with Crippen LogP contribution in [0.15, 0.2) is 54.1 Å². The molecule has 0 saturated carbocycles. The number of aliphatic hydroxyl groups excluding tert-OH is 1. The molecule has 1 atom stereocenters. The van der Waals surface area contributed by atoms with Gasteiger partial charge in [0, 0.05) is 5.69 Å². The summed E-state index contributed by atoms with van der Waals surface area (Å²) in [6.07, 6.45) is 0. The molecule has 1 aliphatic rings. The van der Waals surface area contributed by atoms with Gasteiger partial charge in [0.25, 0.3) is 11.7 Å². The van der Waals surface area contributed by atoms with E-state index in [1.165, 1.54) is 67.7 Å². The number of ketones is 1. The van der Waals surface area contributed by atoms with Crippen molar-refractivity contribution in [1.82, 2.24) is 0 Å². The van der Waals surface area contributed by atoms with Crippen LogP contribution in [0.2, 0.25) is 20.1 Å². The van der Waals surface area contributed by atoms with Crippen LogP contribution in [0.5, 0.6) is 17.2 Å². The highest BCUT2D eigenvalue weighted by atomic mass is 35.5. The zero-order chi connectivity index (χ0) is 26.3. The Labute approximate surface area is 226 Å². The summed E-state index contributed by atoms with van der Waals surface area (Å²) < 4.78 is 10.6. The van der Waals surface area contributed by atoms with E-state index < -0.39 is 23.5 Å². The van der Waals surface area contributed by atoms with Gasteiger partial charge in [-0.05, 0) is 42.0 Å². The zero-order valence-corrected chi connectivity index (χ0v) is 21.7. The van der Waals surface area contributed by atoms with E-state index in [1.807, 2.05) is 0 Å². The van der Waals surface area contributed by atoms with Crippen LogP contribution in [0.3, 0.4) is 0 Å². The van der Waals surface area contributed by atoms with Gasteiger partial charge in [-0.2, -0.15) is 0 Å². The number of nitrogens with zero attached hydrogens (tertiary/aromatic N) is 1. The molecule has 1 amide bonds. The number of aliphatic hydroxyl groups is 1. The van der Waals surface area contributed by atoms with Crippen molar-refractivity contribution in [2.24, 2.45) is 0 Å². The molecule has 0 aromatic heterocycles. The zero-order valence-electron chi connectivity index (χ0n) is 18.7. The first-order valence-electron chi connectivity index (χ1n) is 10.3. The molecule has 0 bridgehead atoms. The third kappa shape index (κ3) is 4.33. The molecule has 1 saturated heterocycles. The SMILES string of the molecule is COc1c(Cl)cc(/C(O)=C2\C(=O)C(=O)N(c3ccc(Cl)c(Cl)c3)C2c2ccc(O)cc2)c(OC)c1Cl. The van der Waals surface area contributed by atoms with Gasteiger partial charge in [0.05, 0.1) is 46.5 Å². The highest BCUT2D eigenvalue weighted by Gasteiger charge is 2.47. The molecule has 0 aliphatic carbocycles. The highest BCUT2D eigenvalue weighted by Crippen LogP contribution is 2.48. The molecular formula is C25H17Cl4NO6. The lowest BCUT2D eigenvalue weighted by Crippen LogP contribution is -2.29. The van der Waals surface area contributed by atoms with Crippen LogP contribution in [0.1, 0.15) is 17.2 Å². The number of amides is 1. The lowest BCUT2D eigenvalue weighted by molar-refractivity contribution is -0.132. The highest BCUT2D eigenvalue weighted by molar-refractivity contribution is 6.52. The molecular weight excluding hydrogens is 552 g/mol. The minimum Gasteiger partial charge on any atom is -0.508 e. The standard InChI is InChI=1S/C25H17Cl4NO6/c1-35-23-14(10-17(28)24(36-2)19(23)29)21(32)18-20(11-3-6-13(31)7-4-11)30(25(34)22(18)33)12-5-8-15(26)16(27)9-12/h3-10,20,31-32H,1-2H3/b21-18+. The number of methoxy groups -OCH3 is 2. The first-order chi connectivity index (χ1) is 17.1. The number of ether oxygens (including phenoxy) is 2. The number of rotatable bonds is 5. The van der Waals surface area contributed by atoms with Gasteiger partial charge in [-0.25, -0.2) is 0 Å². The molecule has 3 aromatic carbocycles. The summed E-state index contributed by atoms with van der Waals surface area (Å²) in [5, 5.41) is 21.6. The number of aromatic hydroxyl groups is 1. The average molecular weight is 569 g/mol. The van der Waals surface area contributed by atoms with Gasteiger partial charge in [0.15, 0.2) is 11.5 Å². The summed E-state index contributed by atoms with van der Waals surface area (Å²) in [4.78, 5) is 27.8. The van der Waals surface area contributed by atoms with E-state index in [9.17, 15) is 19.8 Å². The van der Waals surface area contributed by atoms with Crippen molar-refractivity contribution in [2.75, 3.05) is 19.1 Å². The Morgan fingerprint density at radius 3 is 2.08 bits per heavy atom. The van der Waals surface area contributed by atoms with Gasteiger partial charge in [0.1, 0.15) is 16.5 Å². The van der Waals surface area contributed by atoms with Crippen LogP contribution in [0, 0.1) is 0 Å². The largest absolute Gasteiger partial charge is 0.508 e. The molecule has 4 rings (SSSR count). The second-order valence-corrected chi connectivity index (χ2v) is 9.25. The van der Waals surface area contributed by atoms with Crippen LogP contribution in [0.25, 0.3) is 5.76 Å². The fourth-order valence-electron chi connectivity index (χ4n) is 4.00. The van der Waals surface area contributed by atoms with E-state index in [0.717, 1.165) is 0 Å². The van der Waals surface area contributed by atoms with Gasteiger partial charge in [-0.15, -0.1) is 0 Å². The molecule has 7 nitrogen and oxygen atoms in total. The second kappa shape index (κ2) is 10.1. The Balaban J connectivity index is 2.02. The van der Waals surface area contributed by atoms with E-state index in [1.54, 1.807) is 0 Å². The number of benzene rings is 3. The van der Waals surface area contributed by atoms with Crippen molar-refractivity contribution in [3.05, 3.63) is 85.3 Å². The Bertz CT molecular complexity index is 1420. The van der Waals surface area contributed by atoms with Crippen LogP contribution in [-0.2, 0) is 9.59 Å². The smallest absolute Gasteiger partial charge is 0.300 e. The van der Waals surface area contributed by atoms with Crippen molar-refractivity contribution < 1.29 is 29.3 Å². The monoisotopic (exact) mass is 567 g/mol. The molecule has 0 radical (unpaired) electrons. The van der Waals surface area contributed by atoms with Crippen LogP contribution in [-0.4, -0.2) is 36.1 Å². The van der Waals surface area contributed by atoms with Crippen molar-refractivity contribution in [3.63, 3.8) is 0 Å². The quantitative estimate of drug-likeness (QED) is 0.203. The first-order valence-corrected chi connectivity index (χ1v) is 11.8. The number of hydrogen-bond donors (Lipinski definition) is 2. The topological polar surface area (TPSA) is 96.3 Å². The molecule has 1 heterocycles. The third-order valence-corrected chi connectivity index (χ3v) is 6.99. The van der Waals surface area contributed by atoms with E-state index in [4.69, 9.17) is 55.9 Å². The van der Waals surface area contributed by atoms with Crippen molar-refractivity contribution in [2.45, 2.75) is 6.04 Å². The van der Waals surface area contributed by atoms with Crippen LogP contribution in [0.4, 0.5) is 5.69 Å². The summed E-state index contributed by atoms with van der Waals surface area (Å²) >= 11 is 24.9. The molecule has 1 fully saturated rings. The molecule has 36 heavy (non-hydrogen) atoms. The maximum Gasteiger partial charge on any atom is 0.300 e. The number of carbonyl (C=O) groups is 2. The minimum atomic E-state index is -1.10. The summed E-state index contributed by atoms with van der Waals surface area (Å²) in [6.45, 7) is 0. The molecule has 0 spiro atoms. The number of Topliss-reactive ketones (excluding diaryl/α,β-unsaturated/α-hetero) is 1. The fourth-order valence-corrected chi connectivity index (χ4v) is 4.98. The summed E-state index contributed by atoms with van der Waals surface area (Å²) in [5.74, 6) is -2.39. The molecule has 186 valence electrons. The van der Waals surface area contributed by atoms with Crippen molar-refractivity contribution in [1.29, 1.82) is 0 Å². The fraction of sp³-hybridized carbons (Fsp3) is 0.120. The van der Waals surface area contributed by atoms with Gasteiger partial charge < -0.3 is 19.7 Å². The minimum absolute atomic E-state index is 0.0133. The number of hydrogen-bond acceptors (Lipinski definition) is 6. The number of anilines is 1. The Kier molecular flexibility index (Phi) is 7.29. The van der Waals surface area contributed by atoms with Gasteiger partial charge >= 0.3 is 0 Å². The van der Waals surface area contributed by atoms with E-state index in [-0.39, 0.29) is 54.2 Å². The van der Waals surface area contributed by atoms with Crippen LogP contribution < -0.4 is 14.4 Å². The molecule has 1 aliphatic heterocycles. The lowest BCUT2D eigenvalue weighted by Gasteiger charge is -2.26. The van der Waals surface area contributed by atoms with Crippen LogP contribution >= 0.6 is 46.4 Å². The normalized spacial score (nSPS) is 16.9. The Morgan fingerprint density at radius 2 is 1.50 bits per heavy atom. The van der Waals surface area contributed by atoms with Crippen molar-refractivity contribution in [3.8, 4) is 17.2 Å². The summed E-state index contributed by atoms with van der Waals surface area (Å²) in [5.41, 5.74) is 0.405. The number of halogens is 4. The summed E-state index contributed by atoms with van der Waals surface area (Å²) in [6, 6.07) is 10.5. The number of phenolic OH excluding ortho intramolecular Hbond substituents is 1. The Hall–Kier alpha value is -3.10. The molecule has 1 unspecified atom stereocenters. The molecule has 11 heteroatoms. The molecule has 3 aromatic rings. The van der Waals surface area contributed by atoms with Gasteiger partial charge in [-0.3, -0.25) is 14.5 Å². The third-order valence-electron chi connectivity index (χ3n) is 5.63. The van der Waals surface area contributed by atoms with Crippen molar-refractivity contribution >= 4 is 69.5 Å². The lowest BCUT2D eigenvalue weighted by atomic mass is 9.94. The average Bonchev–Trinajstić information content (AvgIpc) is 3.11. The number of phenols is 1. The van der Waals surface area contributed by atoms with E-state index >= 15 is 0 Å².